The van der Waals surface area contributed by atoms with Gasteiger partial charge < -0.3 is 9.47 Å². The lowest BCUT2D eigenvalue weighted by atomic mass is 9.34. The minimum atomic E-state index is -0.00107. The average molecular weight is 603 g/mol. The minimum absolute atomic E-state index is 0.00107. The van der Waals surface area contributed by atoms with Crippen molar-refractivity contribution < 1.29 is 9.47 Å². The van der Waals surface area contributed by atoms with Gasteiger partial charge in [-0.05, 0) is 105 Å². The fraction of sp³-hybridized carbons (Fsp3) is 0.0455. The molecule has 2 aliphatic heterocycles. The first-order valence-corrected chi connectivity index (χ1v) is 16.2. The molecule has 2 aliphatic rings. The maximum Gasteiger partial charge on any atom is 0.260 e. The summed E-state index contributed by atoms with van der Waals surface area (Å²) in [6.45, 7) is 4.32. The second-order valence-corrected chi connectivity index (χ2v) is 12.6. The zero-order valence-corrected chi connectivity index (χ0v) is 26.3. The highest BCUT2D eigenvalue weighted by molar-refractivity contribution is 6.98. The van der Waals surface area contributed by atoms with Crippen molar-refractivity contribution in [3.63, 3.8) is 0 Å². The van der Waals surface area contributed by atoms with Gasteiger partial charge in [-0.15, -0.1) is 0 Å². The summed E-state index contributed by atoms with van der Waals surface area (Å²) in [5, 5.41) is 0. The standard InChI is InChI=1S/C44H31BO2/c1-28-10-6-8-14-36(28)33-20-22-38-40(24-33)46-42-26-35(32-18-16-31(17-19-32)30-12-4-3-5-13-30)27-43-44(42)45(38)39-23-21-34(25-41(39)47-43)37-15-9-7-11-29(37)2/h3-27H,1-2H3. The summed E-state index contributed by atoms with van der Waals surface area (Å²) >= 11 is 0. The van der Waals surface area contributed by atoms with E-state index in [-0.39, 0.29) is 6.71 Å². The summed E-state index contributed by atoms with van der Waals surface area (Å²) in [7, 11) is 0. The zero-order chi connectivity index (χ0) is 31.5. The average Bonchev–Trinajstić information content (AvgIpc) is 3.11. The van der Waals surface area contributed by atoms with Crippen LogP contribution in [0.15, 0.2) is 152 Å². The number of fused-ring (bicyclic) bond motifs is 4. The normalized spacial score (nSPS) is 12.3. The van der Waals surface area contributed by atoms with Crippen LogP contribution in [0, 0.1) is 13.8 Å². The molecular formula is C44H31BO2. The predicted octanol–water partition coefficient (Wildman–Crippen LogP) is 9.70. The molecule has 7 aromatic carbocycles. The summed E-state index contributed by atoms with van der Waals surface area (Å²) in [6.07, 6.45) is 0. The number of aryl methyl sites for hydroxylation is 2. The van der Waals surface area contributed by atoms with Gasteiger partial charge in [0.25, 0.3) is 6.71 Å². The topological polar surface area (TPSA) is 18.5 Å². The van der Waals surface area contributed by atoms with E-state index in [2.05, 4.69) is 159 Å². The lowest BCUT2D eigenvalue weighted by Gasteiger charge is -2.34. The van der Waals surface area contributed by atoms with Crippen LogP contribution in [0.25, 0.3) is 44.5 Å². The monoisotopic (exact) mass is 602 g/mol. The molecule has 7 aromatic rings. The van der Waals surface area contributed by atoms with E-state index < -0.39 is 0 Å². The van der Waals surface area contributed by atoms with Gasteiger partial charge in [-0.1, -0.05) is 127 Å². The van der Waals surface area contributed by atoms with E-state index in [4.69, 9.17) is 9.47 Å². The number of hydrogen-bond donors (Lipinski definition) is 0. The van der Waals surface area contributed by atoms with Crippen molar-refractivity contribution >= 4 is 23.1 Å². The maximum absolute atomic E-state index is 6.83. The van der Waals surface area contributed by atoms with E-state index in [1.165, 1.54) is 33.4 Å². The third kappa shape index (κ3) is 4.66. The Morgan fingerprint density at radius 1 is 0.362 bits per heavy atom. The molecule has 0 saturated heterocycles. The Kier molecular flexibility index (Phi) is 6.40. The Morgan fingerprint density at radius 2 is 0.766 bits per heavy atom. The summed E-state index contributed by atoms with van der Waals surface area (Å²) in [6, 6.07) is 54.0. The number of benzene rings is 7. The van der Waals surface area contributed by atoms with Crippen molar-refractivity contribution in [2.45, 2.75) is 13.8 Å². The van der Waals surface area contributed by atoms with E-state index in [0.29, 0.717) is 0 Å². The third-order valence-corrected chi connectivity index (χ3v) is 9.72. The first kappa shape index (κ1) is 27.5. The Hall–Kier alpha value is -5.80. The largest absolute Gasteiger partial charge is 0.458 e. The molecule has 9 rings (SSSR count). The number of ether oxygens (including phenoxy) is 2. The molecule has 3 heteroatoms. The van der Waals surface area contributed by atoms with E-state index in [1.54, 1.807) is 0 Å². The van der Waals surface area contributed by atoms with Crippen LogP contribution < -0.4 is 25.9 Å². The van der Waals surface area contributed by atoms with Crippen molar-refractivity contribution in [1.29, 1.82) is 0 Å². The van der Waals surface area contributed by atoms with Crippen LogP contribution in [0.2, 0.25) is 0 Å². The van der Waals surface area contributed by atoms with E-state index in [0.717, 1.165) is 61.6 Å². The highest BCUT2D eigenvalue weighted by Crippen LogP contribution is 2.40. The maximum atomic E-state index is 6.83. The Bertz CT molecular complexity index is 2200. The fourth-order valence-corrected chi connectivity index (χ4v) is 7.27. The quantitative estimate of drug-likeness (QED) is 0.187. The molecule has 2 heterocycles. The predicted molar refractivity (Wildman–Crippen MR) is 195 cm³/mol. The van der Waals surface area contributed by atoms with Crippen LogP contribution in [0.5, 0.6) is 23.0 Å². The zero-order valence-electron chi connectivity index (χ0n) is 26.3. The molecule has 0 N–H and O–H groups in total. The second-order valence-electron chi connectivity index (χ2n) is 12.6. The summed E-state index contributed by atoms with van der Waals surface area (Å²) in [5.41, 5.74) is 15.2. The molecule has 0 fully saturated rings. The molecule has 222 valence electrons. The molecule has 0 spiro atoms. The highest BCUT2D eigenvalue weighted by Gasteiger charge is 2.40. The van der Waals surface area contributed by atoms with Gasteiger partial charge in [-0.25, -0.2) is 0 Å². The number of hydrogen-bond acceptors (Lipinski definition) is 2. The van der Waals surface area contributed by atoms with E-state index in [1.807, 2.05) is 6.07 Å². The van der Waals surface area contributed by atoms with Crippen molar-refractivity contribution in [3.05, 3.63) is 163 Å². The number of rotatable bonds is 4. The van der Waals surface area contributed by atoms with Crippen LogP contribution in [0.1, 0.15) is 11.1 Å². The highest BCUT2D eigenvalue weighted by atomic mass is 16.5. The lowest BCUT2D eigenvalue weighted by molar-refractivity contribution is 0.465. The second kappa shape index (κ2) is 10.9. The Morgan fingerprint density at radius 3 is 1.28 bits per heavy atom. The summed E-state index contributed by atoms with van der Waals surface area (Å²) < 4.78 is 13.7. The Labute approximate surface area is 276 Å². The molecule has 0 bridgehead atoms. The van der Waals surface area contributed by atoms with Gasteiger partial charge in [0, 0.05) is 5.46 Å². The van der Waals surface area contributed by atoms with Gasteiger partial charge in [0.15, 0.2) is 0 Å². The first-order chi connectivity index (χ1) is 23.1. The molecular weight excluding hydrogens is 571 g/mol. The molecule has 0 saturated carbocycles. The molecule has 2 nitrogen and oxygen atoms in total. The van der Waals surface area contributed by atoms with Gasteiger partial charge in [0.2, 0.25) is 0 Å². The fourth-order valence-electron chi connectivity index (χ4n) is 7.27. The van der Waals surface area contributed by atoms with Crippen molar-refractivity contribution in [2.75, 3.05) is 0 Å². The summed E-state index contributed by atoms with van der Waals surface area (Å²) in [5.74, 6) is 3.47. The van der Waals surface area contributed by atoms with Gasteiger partial charge in [-0.3, -0.25) is 0 Å². The SMILES string of the molecule is Cc1ccccc1-c1ccc2c(c1)Oc1cc(-c3ccc(-c4ccccc4)cc3)cc3c1B2c1ccc(-c2ccccc2C)cc1O3. The van der Waals surface area contributed by atoms with E-state index >= 15 is 0 Å². The van der Waals surface area contributed by atoms with Crippen molar-refractivity contribution in [1.82, 2.24) is 0 Å². The minimum Gasteiger partial charge on any atom is -0.458 e. The van der Waals surface area contributed by atoms with Crippen molar-refractivity contribution in [3.8, 4) is 67.5 Å². The van der Waals surface area contributed by atoms with Gasteiger partial charge >= 0.3 is 0 Å². The molecule has 0 aliphatic carbocycles. The lowest BCUT2D eigenvalue weighted by Crippen LogP contribution is -2.57. The van der Waals surface area contributed by atoms with Crippen LogP contribution in [0.3, 0.4) is 0 Å². The van der Waals surface area contributed by atoms with Gasteiger partial charge in [0.1, 0.15) is 23.0 Å². The first-order valence-electron chi connectivity index (χ1n) is 16.2. The van der Waals surface area contributed by atoms with Crippen molar-refractivity contribution in [2.24, 2.45) is 0 Å². The van der Waals surface area contributed by atoms with Gasteiger partial charge in [0.05, 0.1) is 0 Å². The molecule has 0 atom stereocenters. The molecule has 0 aromatic heterocycles. The summed E-state index contributed by atoms with van der Waals surface area (Å²) in [4.78, 5) is 0. The van der Waals surface area contributed by atoms with Gasteiger partial charge in [-0.2, -0.15) is 0 Å². The molecule has 0 radical (unpaired) electrons. The molecule has 47 heavy (non-hydrogen) atoms. The Balaban J connectivity index is 1.20. The van der Waals surface area contributed by atoms with Crippen LogP contribution in [0.4, 0.5) is 0 Å². The third-order valence-electron chi connectivity index (χ3n) is 9.72. The van der Waals surface area contributed by atoms with E-state index in [9.17, 15) is 0 Å². The molecule has 0 amide bonds. The van der Waals surface area contributed by atoms with Crippen LogP contribution in [-0.2, 0) is 0 Å². The van der Waals surface area contributed by atoms with Crippen LogP contribution in [-0.4, -0.2) is 6.71 Å². The smallest absolute Gasteiger partial charge is 0.260 e. The molecule has 0 unspecified atom stereocenters. The van der Waals surface area contributed by atoms with Crippen LogP contribution >= 0.6 is 0 Å².